The fraction of sp³-hybridized carbons (Fsp3) is 0.400. The Kier molecular flexibility index (Phi) is 5.26. The first-order valence-corrected chi connectivity index (χ1v) is 2.32. The standard InChI is InChI=1S/C5H5F3O2.Fe/c1-3(9)2-4(10)5(6,7)8;/h2,10H,1H3;/b4-2-;. The van der Waals surface area contributed by atoms with Crippen LogP contribution in [-0.4, -0.2) is 17.1 Å². The average molecular weight is 210 g/mol. The molecule has 0 atom stereocenters. The molecule has 0 spiro atoms. The molecule has 1 N–H and O–H groups in total. The molecule has 0 aliphatic heterocycles. The fourth-order valence-corrected chi connectivity index (χ4v) is 0.274. The van der Waals surface area contributed by atoms with E-state index >= 15 is 0 Å². The molecule has 0 bridgehead atoms. The molecule has 11 heavy (non-hydrogen) atoms. The van der Waals surface area contributed by atoms with Crippen LogP contribution in [-0.2, 0) is 21.9 Å². The van der Waals surface area contributed by atoms with Crippen LogP contribution in [0.3, 0.4) is 0 Å². The van der Waals surface area contributed by atoms with Crippen LogP contribution < -0.4 is 0 Å². The number of halogens is 3. The smallest absolute Gasteiger partial charge is 0.448 e. The Morgan fingerprint density at radius 2 is 1.82 bits per heavy atom. The van der Waals surface area contributed by atoms with Crippen LogP contribution in [0.5, 0.6) is 0 Å². The molecule has 0 heterocycles. The molecular formula is C5H5F3FeO2. The van der Waals surface area contributed by atoms with Gasteiger partial charge in [-0.1, -0.05) is 0 Å². The van der Waals surface area contributed by atoms with Crippen molar-refractivity contribution >= 4 is 5.78 Å². The van der Waals surface area contributed by atoms with Gasteiger partial charge in [0.1, 0.15) is 0 Å². The Hall–Kier alpha value is -0.481. The minimum absolute atomic E-state index is 0. The monoisotopic (exact) mass is 210 g/mol. The van der Waals surface area contributed by atoms with Crippen molar-refractivity contribution in [3.63, 3.8) is 0 Å². The van der Waals surface area contributed by atoms with E-state index in [1.54, 1.807) is 0 Å². The maximum atomic E-state index is 11.3. The van der Waals surface area contributed by atoms with Gasteiger partial charge in [-0.2, -0.15) is 13.2 Å². The van der Waals surface area contributed by atoms with Crippen molar-refractivity contribution < 1.29 is 40.1 Å². The van der Waals surface area contributed by atoms with E-state index in [2.05, 4.69) is 0 Å². The second-order valence-corrected chi connectivity index (χ2v) is 1.64. The number of rotatable bonds is 1. The first-order valence-electron chi connectivity index (χ1n) is 2.32. The van der Waals surface area contributed by atoms with E-state index in [1.165, 1.54) is 0 Å². The summed E-state index contributed by atoms with van der Waals surface area (Å²) in [6.07, 6.45) is -4.69. The Labute approximate surface area is 71.6 Å². The van der Waals surface area contributed by atoms with Crippen LogP contribution in [0, 0.1) is 0 Å². The first-order chi connectivity index (χ1) is 4.34. The van der Waals surface area contributed by atoms with Crippen LogP contribution in [0.2, 0.25) is 0 Å². The molecule has 0 amide bonds. The van der Waals surface area contributed by atoms with E-state index in [4.69, 9.17) is 5.11 Å². The number of allylic oxidation sites excluding steroid dienone is 2. The zero-order valence-electron chi connectivity index (χ0n) is 5.42. The molecule has 6 heteroatoms. The molecule has 0 radical (unpaired) electrons. The SMILES string of the molecule is CC(=O)/C=C(\O)C(F)(F)F.[Fe]. The van der Waals surface area contributed by atoms with Gasteiger partial charge in [0.25, 0.3) is 0 Å². The Morgan fingerprint density at radius 1 is 1.45 bits per heavy atom. The molecule has 0 rings (SSSR count). The van der Waals surface area contributed by atoms with Gasteiger partial charge in [-0.15, -0.1) is 0 Å². The Bertz CT molecular complexity index is 173. The third-order valence-corrected chi connectivity index (χ3v) is 0.630. The Balaban J connectivity index is 0. The third kappa shape index (κ3) is 5.94. The molecule has 0 aromatic heterocycles. The molecule has 0 saturated carbocycles. The van der Waals surface area contributed by atoms with Gasteiger partial charge >= 0.3 is 6.18 Å². The van der Waals surface area contributed by atoms with Gasteiger partial charge in [-0.3, -0.25) is 4.79 Å². The van der Waals surface area contributed by atoms with Gasteiger partial charge in [0.2, 0.25) is 5.76 Å². The minimum atomic E-state index is -4.81. The van der Waals surface area contributed by atoms with Crippen molar-refractivity contribution in [2.24, 2.45) is 0 Å². The number of ketones is 1. The van der Waals surface area contributed by atoms with Crippen LogP contribution in [0.1, 0.15) is 6.92 Å². The van der Waals surface area contributed by atoms with E-state index in [-0.39, 0.29) is 23.1 Å². The quantitative estimate of drug-likeness (QED) is 0.405. The molecule has 0 aliphatic carbocycles. The topological polar surface area (TPSA) is 37.3 Å². The molecule has 0 fully saturated rings. The van der Waals surface area contributed by atoms with Gasteiger partial charge in [-0.05, 0) is 6.92 Å². The van der Waals surface area contributed by atoms with Crippen molar-refractivity contribution in [2.75, 3.05) is 0 Å². The fourth-order valence-electron chi connectivity index (χ4n) is 0.274. The minimum Gasteiger partial charge on any atom is -0.504 e. The summed E-state index contributed by atoms with van der Waals surface area (Å²) in [6, 6.07) is 0. The second kappa shape index (κ2) is 4.41. The normalized spacial score (nSPS) is 12.2. The Morgan fingerprint density at radius 3 is 1.91 bits per heavy atom. The van der Waals surface area contributed by atoms with Gasteiger partial charge in [-0.25, -0.2) is 0 Å². The number of aliphatic hydroxyl groups is 1. The van der Waals surface area contributed by atoms with Crippen molar-refractivity contribution in [3.8, 4) is 0 Å². The molecule has 0 aliphatic rings. The van der Waals surface area contributed by atoms with Crippen molar-refractivity contribution in [1.29, 1.82) is 0 Å². The summed E-state index contributed by atoms with van der Waals surface area (Å²) in [7, 11) is 0. The predicted octanol–water partition coefficient (Wildman–Crippen LogP) is 1.58. The van der Waals surface area contributed by atoms with E-state index in [9.17, 15) is 18.0 Å². The maximum absolute atomic E-state index is 11.3. The number of aliphatic hydroxyl groups excluding tert-OH is 1. The van der Waals surface area contributed by atoms with Gasteiger partial charge < -0.3 is 5.11 Å². The summed E-state index contributed by atoms with van der Waals surface area (Å²) in [5.41, 5.74) is 0. The van der Waals surface area contributed by atoms with Crippen LogP contribution in [0.4, 0.5) is 13.2 Å². The number of carbonyl (C=O) groups excluding carboxylic acids is 1. The molecule has 2 nitrogen and oxygen atoms in total. The average Bonchev–Trinajstić information content (AvgIpc) is 1.60. The van der Waals surface area contributed by atoms with Crippen molar-refractivity contribution in [2.45, 2.75) is 13.1 Å². The van der Waals surface area contributed by atoms with Crippen molar-refractivity contribution in [3.05, 3.63) is 11.8 Å². The van der Waals surface area contributed by atoms with Crippen LogP contribution in [0.15, 0.2) is 11.8 Å². The van der Waals surface area contributed by atoms with E-state index in [0.717, 1.165) is 6.92 Å². The van der Waals surface area contributed by atoms with Gasteiger partial charge in [0.15, 0.2) is 5.78 Å². The number of hydrogen-bond acceptors (Lipinski definition) is 2. The molecule has 0 aromatic carbocycles. The first kappa shape index (κ1) is 13.1. The number of hydrogen-bond donors (Lipinski definition) is 1. The largest absolute Gasteiger partial charge is 0.504 e. The predicted molar refractivity (Wildman–Crippen MR) is 27.4 cm³/mol. The molecule has 0 saturated heterocycles. The second-order valence-electron chi connectivity index (χ2n) is 1.64. The molecule has 66 valence electrons. The molecule has 0 unspecified atom stereocenters. The van der Waals surface area contributed by atoms with E-state index < -0.39 is 17.7 Å². The number of carbonyl (C=O) groups is 1. The summed E-state index contributed by atoms with van der Waals surface area (Å²) in [5.74, 6) is -2.70. The van der Waals surface area contributed by atoms with Crippen LogP contribution in [0.25, 0.3) is 0 Å². The third-order valence-electron chi connectivity index (χ3n) is 0.630. The maximum Gasteiger partial charge on any atom is 0.448 e. The number of alkyl halides is 3. The summed E-state index contributed by atoms with van der Waals surface area (Å²) < 4.78 is 34.0. The summed E-state index contributed by atoms with van der Waals surface area (Å²) in [6.45, 7) is 0.919. The van der Waals surface area contributed by atoms with Crippen molar-refractivity contribution in [1.82, 2.24) is 0 Å². The summed E-state index contributed by atoms with van der Waals surface area (Å²) in [5, 5.41) is 8.07. The molecule has 0 aromatic rings. The zero-order valence-corrected chi connectivity index (χ0v) is 6.52. The van der Waals surface area contributed by atoms with Gasteiger partial charge in [0, 0.05) is 23.1 Å². The van der Waals surface area contributed by atoms with E-state index in [1.807, 2.05) is 0 Å². The molecular weight excluding hydrogens is 205 g/mol. The van der Waals surface area contributed by atoms with Gasteiger partial charge in [0.05, 0.1) is 0 Å². The summed E-state index contributed by atoms with van der Waals surface area (Å²) in [4.78, 5) is 9.96. The zero-order chi connectivity index (χ0) is 8.36. The van der Waals surface area contributed by atoms with Crippen LogP contribution >= 0.6 is 0 Å². The summed E-state index contributed by atoms with van der Waals surface area (Å²) >= 11 is 0. The van der Waals surface area contributed by atoms with E-state index in [0.29, 0.717) is 0 Å².